The summed E-state index contributed by atoms with van der Waals surface area (Å²) in [5.74, 6) is -0.0641. The third-order valence-electron chi connectivity index (χ3n) is 5.71. The number of carbonyl (C=O) groups excluding carboxylic acids is 3. The van der Waals surface area contributed by atoms with E-state index in [9.17, 15) is 14.4 Å². The number of carbonyl (C=O) groups is 3. The predicted molar refractivity (Wildman–Crippen MR) is 129 cm³/mol. The Bertz CT molecular complexity index is 862. The lowest BCUT2D eigenvalue weighted by atomic mass is 10.0. The van der Waals surface area contributed by atoms with Gasteiger partial charge in [0.15, 0.2) is 0 Å². The fraction of sp³-hybridized carbons (Fsp3) is 0.625. The maximum absolute atomic E-state index is 13.4. The Morgan fingerprint density at radius 3 is 2.53 bits per heavy atom. The minimum Gasteiger partial charge on any atom is -0.491 e. The summed E-state index contributed by atoms with van der Waals surface area (Å²) < 4.78 is 16.8. The van der Waals surface area contributed by atoms with Gasteiger partial charge in [0.2, 0.25) is 5.91 Å². The van der Waals surface area contributed by atoms with Gasteiger partial charge in [-0.1, -0.05) is 6.92 Å². The molecule has 1 aromatic carbocycles. The molecule has 0 saturated carbocycles. The molecule has 10 nitrogen and oxygen atoms in total. The van der Waals surface area contributed by atoms with Gasteiger partial charge in [0.05, 0.1) is 17.7 Å². The summed E-state index contributed by atoms with van der Waals surface area (Å²) in [5.41, 5.74) is 0.783. The van der Waals surface area contributed by atoms with Crippen molar-refractivity contribution in [1.82, 2.24) is 15.1 Å². The molecule has 0 radical (unpaired) electrons. The highest BCUT2D eigenvalue weighted by Crippen LogP contribution is 2.26. The van der Waals surface area contributed by atoms with Crippen LogP contribution in [0.1, 0.15) is 38.1 Å². The highest BCUT2D eigenvalue weighted by molar-refractivity contribution is 5.99. The number of nitrogens with one attached hydrogen (secondary N) is 2. The van der Waals surface area contributed by atoms with Gasteiger partial charge in [-0.2, -0.15) is 0 Å². The lowest BCUT2D eigenvalue weighted by molar-refractivity contribution is -0.139. The lowest BCUT2D eigenvalue weighted by Gasteiger charge is -2.36. The van der Waals surface area contributed by atoms with E-state index in [-0.39, 0.29) is 55.2 Å². The number of rotatable bonds is 5. The van der Waals surface area contributed by atoms with Gasteiger partial charge < -0.3 is 34.6 Å². The molecule has 0 saturated heterocycles. The fourth-order valence-electron chi connectivity index (χ4n) is 3.84. The molecule has 1 aliphatic rings. The average molecular weight is 479 g/mol. The molecule has 0 aliphatic carbocycles. The number of nitrogens with zero attached hydrogens (tertiary/aromatic N) is 2. The van der Waals surface area contributed by atoms with Crippen LogP contribution in [-0.4, -0.2) is 93.4 Å². The molecule has 1 aromatic rings. The van der Waals surface area contributed by atoms with E-state index in [1.54, 1.807) is 42.2 Å². The minimum absolute atomic E-state index is 0.0291. The molecule has 0 bridgehead atoms. The van der Waals surface area contributed by atoms with Gasteiger partial charge in [-0.25, -0.2) is 4.79 Å². The summed E-state index contributed by atoms with van der Waals surface area (Å²) in [6.07, 6.45) is -0.291. The van der Waals surface area contributed by atoms with Crippen LogP contribution < -0.4 is 15.4 Å². The first-order chi connectivity index (χ1) is 16.1. The Hall–Kier alpha value is -2.85. The van der Waals surface area contributed by atoms with Crippen LogP contribution in [0.4, 0.5) is 10.5 Å². The van der Waals surface area contributed by atoms with Crippen molar-refractivity contribution in [2.24, 2.45) is 5.92 Å². The summed E-state index contributed by atoms with van der Waals surface area (Å²) in [5, 5.41) is 5.51. The van der Waals surface area contributed by atoms with Gasteiger partial charge in [0, 0.05) is 52.0 Å². The minimum atomic E-state index is -0.362. The first-order valence-electron chi connectivity index (χ1n) is 11.5. The zero-order valence-corrected chi connectivity index (χ0v) is 21.2. The van der Waals surface area contributed by atoms with Gasteiger partial charge in [-0.15, -0.1) is 0 Å². The molecule has 34 heavy (non-hydrogen) atoms. The van der Waals surface area contributed by atoms with Crippen LogP contribution in [0.2, 0.25) is 0 Å². The number of anilines is 1. The SMILES string of the molecule is COCC(=O)N1C[C@@H](C)[C@H](OC)CN(C)C(=O)c2cc(NC(=O)NC(C)C)ccc2OC[C@H]1C. The van der Waals surface area contributed by atoms with Crippen LogP contribution >= 0.6 is 0 Å². The van der Waals surface area contributed by atoms with Crippen LogP contribution in [0.25, 0.3) is 0 Å². The Kier molecular flexibility index (Phi) is 10.1. The second kappa shape index (κ2) is 12.6. The molecule has 3 atom stereocenters. The van der Waals surface area contributed by atoms with Crippen LogP contribution in [0.15, 0.2) is 18.2 Å². The smallest absolute Gasteiger partial charge is 0.319 e. The standard InChI is InChI=1S/C24H38N4O6/c1-15(2)25-24(31)26-18-8-9-20-19(10-18)23(30)27(5)12-21(33-7)16(3)11-28(17(4)13-34-20)22(29)14-32-6/h8-10,15-17,21H,11-14H2,1-7H3,(H2,25,26,31)/t16-,17-,21-/m1/s1. The summed E-state index contributed by atoms with van der Waals surface area (Å²) in [7, 11) is 4.78. The van der Waals surface area contributed by atoms with Crippen molar-refractivity contribution in [1.29, 1.82) is 0 Å². The quantitative estimate of drug-likeness (QED) is 0.672. The molecule has 0 spiro atoms. The Morgan fingerprint density at radius 2 is 1.91 bits per heavy atom. The monoisotopic (exact) mass is 478 g/mol. The molecule has 4 amide bonds. The number of fused-ring (bicyclic) bond motifs is 1. The van der Waals surface area contributed by atoms with E-state index < -0.39 is 0 Å². The zero-order valence-electron chi connectivity index (χ0n) is 21.2. The first-order valence-corrected chi connectivity index (χ1v) is 11.5. The topological polar surface area (TPSA) is 109 Å². The van der Waals surface area contributed by atoms with E-state index in [4.69, 9.17) is 14.2 Å². The van der Waals surface area contributed by atoms with E-state index in [1.807, 2.05) is 27.7 Å². The average Bonchev–Trinajstić information content (AvgIpc) is 2.77. The molecule has 0 aromatic heterocycles. The number of methoxy groups -OCH3 is 2. The molecule has 190 valence electrons. The molecule has 1 heterocycles. The Labute approximate surface area is 201 Å². The second-order valence-electron chi connectivity index (χ2n) is 9.04. The van der Waals surface area contributed by atoms with Gasteiger partial charge in [-0.3, -0.25) is 9.59 Å². The maximum atomic E-state index is 13.4. The molecule has 10 heteroatoms. The third-order valence-corrected chi connectivity index (χ3v) is 5.71. The van der Waals surface area contributed by atoms with E-state index in [1.165, 1.54) is 7.11 Å². The number of ether oxygens (including phenoxy) is 3. The van der Waals surface area contributed by atoms with Crippen molar-refractivity contribution in [3.05, 3.63) is 23.8 Å². The predicted octanol–water partition coefficient (Wildman–Crippen LogP) is 2.20. The van der Waals surface area contributed by atoms with E-state index in [0.717, 1.165) is 0 Å². The molecule has 0 unspecified atom stereocenters. The highest BCUT2D eigenvalue weighted by atomic mass is 16.5. The molecular weight excluding hydrogens is 440 g/mol. The van der Waals surface area contributed by atoms with Crippen molar-refractivity contribution < 1.29 is 28.6 Å². The van der Waals surface area contributed by atoms with Crippen LogP contribution in [0.5, 0.6) is 5.75 Å². The number of amides is 4. The van der Waals surface area contributed by atoms with Crippen molar-refractivity contribution in [3.8, 4) is 5.75 Å². The van der Waals surface area contributed by atoms with Crippen molar-refractivity contribution in [2.45, 2.75) is 45.9 Å². The summed E-state index contributed by atoms with van der Waals surface area (Å²) in [6, 6.07) is 4.28. The molecule has 2 N–H and O–H groups in total. The summed E-state index contributed by atoms with van der Waals surface area (Å²) in [4.78, 5) is 41.5. The zero-order chi connectivity index (χ0) is 25.4. The third kappa shape index (κ3) is 7.33. The van der Waals surface area contributed by atoms with Crippen molar-refractivity contribution >= 4 is 23.5 Å². The lowest BCUT2D eigenvalue weighted by Crippen LogP contribution is -2.49. The van der Waals surface area contributed by atoms with Crippen LogP contribution in [0.3, 0.4) is 0 Å². The molecular formula is C24H38N4O6. The van der Waals surface area contributed by atoms with E-state index in [0.29, 0.717) is 30.1 Å². The van der Waals surface area contributed by atoms with Crippen molar-refractivity contribution in [2.75, 3.05) is 52.9 Å². The maximum Gasteiger partial charge on any atom is 0.319 e. The molecule has 2 rings (SSSR count). The summed E-state index contributed by atoms with van der Waals surface area (Å²) in [6.45, 7) is 8.52. The number of hydrogen-bond donors (Lipinski definition) is 2. The number of urea groups is 1. The first kappa shape index (κ1) is 27.4. The Morgan fingerprint density at radius 1 is 1.21 bits per heavy atom. The van der Waals surface area contributed by atoms with Crippen LogP contribution in [-0.2, 0) is 14.3 Å². The molecule has 1 aliphatic heterocycles. The highest BCUT2D eigenvalue weighted by Gasteiger charge is 2.30. The van der Waals surface area contributed by atoms with Gasteiger partial charge in [0.25, 0.3) is 5.91 Å². The fourth-order valence-corrected chi connectivity index (χ4v) is 3.84. The van der Waals surface area contributed by atoms with E-state index in [2.05, 4.69) is 10.6 Å². The van der Waals surface area contributed by atoms with Gasteiger partial charge in [-0.05, 0) is 39.0 Å². The van der Waals surface area contributed by atoms with Crippen molar-refractivity contribution in [3.63, 3.8) is 0 Å². The van der Waals surface area contributed by atoms with Gasteiger partial charge >= 0.3 is 6.03 Å². The molecule has 0 fully saturated rings. The summed E-state index contributed by atoms with van der Waals surface area (Å²) >= 11 is 0. The van der Waals surface area contributed by atoms with E-state index >= 15 is 0 Å². The normalized spacial score (nSPS) is 21.8. The second-order valence-corrected chi connectivity index (χ2v) is 9.04. The number of benzene rings is 1. The largest absolute Gasteiger partial charge is 0.491 e. The Balaban J connectivity index is 2.41. The number of likely N-dealkylation sites (N-methyl/N-ethyl adjacent to an activating group) is 1. The van der Waals surface area contributed by atoms with Crippen LogP contribution in [0, 0.1) is 5.92 Å². The van der Waals surface area contributed by atoms with Gasteiger partial charge in [0.1, 0.15) is 19.0 Å². The number of hydrogen-bond acceptors (Lipinski definition) is 6.